The summed E-state index contributed by atoms with van der Waals surface area (Å²) >= 11 is 0. The zero-order valence-electron chi connectivity index (χ0n) is 18.8. The molecule has 1 aromatic carbocycles. The second-order valence-electron chi connectivity index (χ2n) is 10.6. The van der Waals surface area contributed by atoms with Crippen LogP contribution in [-0.4, -0.2) is 34.4 Å². The van der Waals surface area contributed by atoms with Crippen LogP contribution in [0.3, 0.4) is 0 Å². The third-order valence-electron chi connectivity index (χ3n) is 8.42. The van der Waals surface area contributed by atoms with Crippen molar-refractivity contribution in [3.8, 4) is 5.75 Å². The van der Waals surface area contributed by atoms with Crippen LogP contribution in [0.5, 0.6) is 5.75 Å². The molecule has 0 unspecified atom stereocenters. The van der Waals surface area contributed by atoms with Crippen molar-refractivity contribution >= 4 is 11.7 Å². The summed E-state index contributed by atoms with van der Waals surface area (Å²) < 4.78 is 5.52. The first-order valence-electron chi connectivity index (χ1n) is 12.1. The van der Waals surface area contributed by atoms with Crippen molar-refractivity contribution in [1.82, 2.24) is 14.9 Å². The van der Waals surface area contributed by atoms with Gasteiger partial charge in [0.15, 0.2) is 0 Å². The minimum Gasteiger partial charge on any atom is -0.496 e. The van der Waals surface area contributed by atoms with E-state index in [1.807, 2.05) is 12.1 Å². The Morgan fingerprint density at radius 2 is 1.84 bits per heavy atom. The average molecular weight is 433 g/mol. The summed E-state index contributed by atoms with van der Waals surface area (Å²) in [5.74, 6) is 4.16. The topological polar surface area (TPSA) is 67.3 Å². The fraction of sp³-hybridized carbons (Fsp3) is 0.577. The smallest absolute Gasteiger partial charge is 0.231 e. The van der Waals surface area contributed by atoms with Crippen molar-refractivity contribution < 1.29 is 9.53 Å². The molecular formula is C26H32N4O2. The lowest BCUT2D eigenvalue weighted by atomic mass is 9.49. The number of carbonyl (C=O) groups excluding carboxylic acids is 1. The van der Waals surface area contributed by atoms with E-state index in [1.165, 1.54) is 24.8 Å². The first-order valence-corrected chi connectivity index (χ1v) is 12.1. The van der Waals surface area contributed by atoms with Gasteiger partial charge in [0.1, 0.15) is 17.9 Å². The van der Waals surface area contributed by atoms with Crippen LogP contribution in [-0.2, 0) is 24.3 Å². The van der Waals surface area contributed by atoms with E-state index in [0.717, 1.165) is 85.9 Å². The zero-order valence-corrected chi connectivity index (χ0v) is 18.8. The predicted octanol–water partition coefficient (Wildman–Crippen LogP) is 4.20. The number of fused-ring (bicyclic) bond motifs is 1. The summed E-state index contributed by atoms with van der Waals surface area (Å²) in [6, 6.07) is 8.18. The molecule has 168 valence electrons. The molecule has 4 bridgehead atoms. The Hall–Kier alpha value is -2.47. The molecule has 32 heavy (non-hydrogen) atoms. The van der Waals surface area contributed by atoms with Crippen molar-refractivity contribution in [2.24, 2.45) is 23.2 Å². The lowest BCUT2D eigenvalue weighted by molar-refractivity contribution is -0.140. The molecule has 4 fully saturated rings. The maximum absolute atomic E-state index is 13.5. The number of benzene rings is 1. The maximum atomic E-state index is 13.5. The fourth-order valence-electron chi connectivity index (χ4n) is 7.35. The number of hydrogen-bond acceptors (Lipinski definition) is 5. The number of nitrogens with one attached hydrogen (secondary N) is 1. The molecule has 4 saturated carbocycles. The van der Waals surface area contributed by atoms with Crippen LogP contribution in [0.25, 0.3) is 0 Å². The van der Waals surface area contributed by atoms with Gasteiger partial charge in [-0.25, -0.2) is 9.97 Å². The summed E-state index contributed by atoms with van der Waals surface area (Å²) in [4.78, 5) is 25.0. The van der Waals surface area contributed by atoms with Gasteiger partial charge in [-0.05, 0) is 68.8 Å². The lowest BCUT2D eigenvalue weighted by Gasteiger charge is -2.55. The molecule has 0 radical (unpaired) electrons. The van der Waals surface area contributed by atoms with E-state index in [1.54, 1.807) is 13.4 Å². The standard InChI is InChI=1S/C26H32N4O2/c1-32-23-5-3-2-4-20(23)14-30-7-6-21-22(15-30)27-16-28-24(21)29-25(31)26-11-17-8-18(12-26)10-19(9-17)13-26/h2-5,16-19H,6-15H2,1H3,(H,27,28,29,31). The minimum atomic E-state index is -0.156. The van der Waals surface area contributed by atoms with Crippen LogP contribution >= 0.6 is 0 Å². The van der Waals surface area contributed by atoms with Crippen molar-refractivity contribution in [3.05, 3.63) is 47.4 Å². The molecule has 1 aromatic heterocycles. The van der Waals surface area contributed by atoms with Crippen LogP contribution < -0.4 is 10.1 Å². The molecule has 2 aromatic rings. The summed E-state index contributed by atoms with van der Waals surface area (Å²) in [5, 5.41) is 3.28. The number of methoxy groups -OCH3 is 1. The third-order valence-corrected chi connectivity index (χ3v) is 8.42. The van der Waals surface area contributed by atoms with Crippen LogP contribution in [0.1, 0.15) is 55.3 Å². The minimum absolute atomic E-state index is 0.156. The molecule has 0 atom stereocenters. The Bertz CT molecular complexity index is 1000. The number of nitrogens with zero attached hydrogens (tertiary/aromatic N) is 3. The molecule has 1 N–H and O–H groups in total. The van der Waals surface area contributed by atoms with Crippen LogP contribution in [0.4, 0.5) is 5.82 Å². The number of para-hydroxylation sites is 1. The molecule has 0 spiro atoms. The van der Waals surface area contributed by atoms with Gasteiger partial charge in [0.2, 0.25) is 5.91 Å². The monoisotopic (exact) mass is 432 g/mol. The van der Waals surface area contributed by atoms with Gasteiger partial charge in [-0.2, -0.15) is 0 Å². The Morgan fingerprint density at radius 3 is 2.56 bits per heavy atom. The highest BCUT2D eigenvalue weighted by atomic mass is 16.5. The molecule has 1 amide bonds. The van der Waals surface area contributed by atoms with Gasteiger partial charge >= 0.3 is 0 Å². The van der Waals surface area contributed by atoms with E-state index in [9.17, 15) is 4.79 Å². The van der Waals surface area contributed by atoms with Crippen molar-refractivity contribution in [3.63, 3.8) is 0 Å². The number of rotatable bonds is 5. The quantitative estimate of drug-likeness (QED) is 0.767. The number of ether oxygens (including phenoxy) is 1. The van der Waals surface area contributed by atoms with Gasteiger partial charge in [-0.3, -0.25) is 9.69 Å². The van der Waals surface area contributed by atoms with Gasteiger partial charge in [-0.15, -0.1) is 0 Å². The Balaban J connectivity index is 1.18. The van der Waals surface area contributed by atoms with Crippen molar-refractivity contribution in [2.45, 2.75) is 58.0 Å². The third kappa shape index (κ3) is 3.49. The van der Waals surface area contributed by atoms with Gasteiger partial charge in [0.25, 0.3) is 0 Å². The molecule has 6 heteroatoms. The highest BCUT2D eigenvalue weighted by molar-refractivity contribution is 5.95. The number of aromatic nitrogens is 2. The second-order valence-corrected chi connectivity index (χ2v) is 10.6. The lowest BCUT2D eigenvalue weighted by Crippen LogP contribution is -2.52. The molecule has 6 nitrogen and oxygen atoms in total. The maximum Gasteiger partial charge on any atom is 0.231 e. The average Bonchev–Trinajstić information content (AvgIpc) is 2.78. The molecule has 7 rings (SSSR count). The second kappa shape index (κ2) is 7.84. The van der Waals surface area contributed by atoms with Crippen LogP contribution in [0.2, 0.25) is 0 Å². The summed E-state index contributed by atoms with van der Waals surface area (Å²) in [6.45, 7) is 2.50. The molecule has 5 aliphatic rings. The normalized spacial score (nSPS) is 30.7. The SMILES string of the molecule is COc1ccccc1CN1CCc2c(ncnc2NC(=O)C23CC4CC(CC(C4)C2)C3)C1. The summed E-state index contributed by atoms with van der Waals surface area (Å²) in [7, 11) is 1.72. The zero-order chi connectivity index (χ0) is 21.7. The number of carbonyl (C=O) groups is 1. The predicted molar refractivity (Wildman–Crippen MR) is 122 cm³/mol. The molecule has 1 aliphatic heterocycles. The van der Waals surface area contributed by atoms with Crippen molar-refractivity contribution in [2.75, 3.05) is 19.0 Å². The van der Waals surface area contributed by atoms with Gasteiger partial charge in [0.05, 0.1) is 18.2 Å². The summed E-state index contributed by atoms with van der Waals surface area (Å²) in [6.07, 6.45) is 9.72. The van der Waals surface area contributed by atoms with E-state index in [4.69, 9.17) is 4.74 Å². The van der Waals surface area contributed by atoms with Gasteiger partial charge in [0, 0.05) is 30.8 Å². The number of anilines is 1. The first kappa shape index (κ1) is 20.2. The highest BCUT2D eigenvalue weighted by Crippen LogP contribution is 2.60. The highest BCUT2D eigenvalue weighted by Gasteiger charge is 2.54. The van der Waals surface area contributed by atoms with E-state index in [0.29, 0.717) is 0 Å². The molecule has 0 saturated heterocycles. The van der Waals surface area contributed by atoms with Crippen molar-refractivity contribution in [1.29, 1.82) is 0 Å². The van der Waals surface area contributed by atoms with Crippen LogP contribution in [0, 0.1) is 23.2 Å². The molecule has 4 aliphatic carbocycles. The van der Waals surface area contributed by atoms with E-state index >= 15 is 0 Å². The van der Waals surface area contributed by atoms with Gasteiger partial charge in [-0.1, -0.05) is 18.2 Å². The Kier molecular flexibility index (Phi) is 4.94. The van der Waals surface area contributed by atoms with E-state index < -0.39 is 0 Å². The Morgan fingerprint density at radius 1 is 1.12 bits per heavy atom. The Labute approximate surface area is 189 Å². The first-order chi connectivity index (χ1) is 15.6. The van der Waals surface area contributed by atoms with E-state index in [2.05, 4.69) is 32.3 Å². The fourth-order valence-corrected chi connectivity index (χ4v) is 7.35. The summed E-state index contributed by atoms with van der Waals surface area (Å²) in [5.41, 5.74) is 3.17. The van der Waals surface area contributed by atoms with Crippen LogP contribution in [0.15, 0.2) is 30.6 Å². The molecular weight excluding hydrogens is 400 g/mol. The number of hydrogen-bond donors (Lipinski definition) is 1. The number of amides is 1. The van der Waals surface area contributed by atoms with E-state index in [-0.39, 0.29) is 11.3 Å². The van der Waals surface area contributed by atoms with Gasteiger partial charge < -0.3 is 10.1 Å². The largest absolute Gasteiger partial charge is 0.496 e. The molecule has 2 heterocycles.